The smallest absolute Gasteiger partial charge is 0.348 e. The Bertz CT molecular complexity index is 977. The fraction of sp³-hybridized carbons (Fsp3) is 0.143. The van der Waals surface area contributed by atoms with E-state index in [1.54, 1.807) is 13.0 Å². The number of nitrogens with zero attached hydrogens (tertiary/aromatic N) is 2. The third-order valence-corrected chi connectivity index (χ3v) is 3.94. The molecule has 0 fully saturated rings. The number of esters is 1. The zero-order chi connectivity index (χ0) is 17.6. The van der Waals surface area contributed by atoms with Gasteiger partial charge in [0, 0.05) is 18.4 Å². The Kier molecular flexibility index (Phi) is 4.96. The minimum Gasteiger partial charge on any atom is -0.462 e. The number of benzene rings is 2. The van der Waals surface area contributed by atoms with Gasteiger partial charge in [0.15, 0.2) is 0 Å². The second kappa shape index (κ2) is 7.50. The minimum absolute atomic E-state index is 0.000288. The third kappa shape index (κ3) is 3.78. The Morgan fingerprint density at radius 2 is 1.96 bits per heavy atom. The molecular weight excluding hydrogens is 312 g/mol. The molecule has 2 aromatic carbocycles. The third-order valence-electron chi connectivity index (χ3n) is 3.94. The van der Waals surface area contributed by atoms with Gasteiger partial charge in [-0.1, -0.05) is 36.4 Å². The van der Waals surface area contributed by atoms with Crippen LogP contribution in [0.4, 0.5) is 0 Å². The lowest BCUT2D eigenvalue weighted by molar-refractivity contribution is -0.137. The maximum absolute atomic E-state index is 11.8. The number of fused-ring (bicyclic) bond motifs is 1. The zero-order valence-corrected chi connectivity index (χ0v) is 14.0. The highest BCUT2D eigenvalue weighted by molar-refractivity contribution is 5.97. The van der Waals surface area contributed by atoms with Crippen molar-refractivity contribution in [3.05, 3.63) is 77.6 Å². The van der Waals surface area contributed by atoms with Crippen molar-refractivity contribution in [2.45, 2.75) is 13.5 Å². The average Bonchev–Trinajstić information content (AvgIpc) is 3.06. The van der Waals surface area contributed by atoms with Crippen molar-refractivity contribution in [1.82, 2.24) is 4.57 Å². The number of nitriles is 1. The number of carbonyl (C=O) groups is 1. The van der Waals surface area contributed by atoms with E-state index >= 15 is 0 Å². The quantitative estimate of drug-likeness (QED) is 0.401. The molecule has 0 atom stereocenters. The predicted molar refractivity (Wildman–Crippen MR) is 97.7 cm³/mol. The Morgan fingerprint density at radius 3 is 2.72 bits per heavy atom. The Balaban J connectivity index is 1.88. The molecule has 4 nitrogen and oxygen atoms in total. The SMILES string of the molecule is CCOC(=O)C(C#N)=Cc1cccn1Cc1ccc2ccccc2c1. The molecule has 3 aromatic rings. The predicted octanol–water partition coefficient (Wildman–Crippen LogP) is 4.16. The van der Waals surface area contributed by atoms with Crippen LogP contribution in [0.25, 0.3) is 16.8 Å². The molecule has 0 aliphatic heterocycles. The van der Waals surface area contributed by atoms with Gasteiger partial charge in [-0.3, -0.25) is 0 Å². The van der Waals surface area contributed by atoms with Gasteiger partial charge in [-0.05, 0) is 47.5 Å². The second-order valence-corrected chi connectivity index (χ2v) is 5.63. The van der Waals surface area contributed by atoms with Crippen LogP contribution in [0, 0.1) is 11.3 Å². The molecule has 0 aliphatic rings. The second-order valence-electron chi connectivity index (χ2n) is 5.63. The number of aromatic nitrogens is 1. The highest BCUT2D eigenvalue weighted by atomic mass is 16.5. The summed E-state index contributed by atoms with van der Waals surface area (Å²) in [5.74, 6) is -0.594. The van der Waals surface area contributed by atoms with Crippen LogP contribution in [0.3, 0.4) is 0 Å². The Hall–Kier alpha value is -3.32. The van der Waals surface area contributed by atoms with E-state index in [9.17, 15) is 10.1 Å². The van der Waals surface area contributed by atoms with Crippen LogP contribution in [-0.4, -0.2) is 17.1 Å². The van der Waals surface area contributed by atoms with E-state index in [1.807, 2.05) is 41.1 Å². The number of hydrogen-bond acceptors (Lipinski definition) is 3. The van der Waals surface area contributed by atoms with Crippen molar-refractivity contribution >= 4 is 22.8 Å². The van der Waals surface area contributed by atoms with Gasteiger partial charge < -0.3 is 9.30 Å². The van der Waals surface area contributed by atoms with Gasteiger partial charge in [-0.15, -0.1) is 0 Å². The summed E-state index contributed by atoms with van der Waals surface area (Å²) in [5, 5.41) is 11.6. The molecule has 0 saturated heterocycles. The Labute approximate surface area is 146 Å². The summed E-state index contributed by atoms with van der Waals surface area (Å²) in [6.07, 6.45) is 3.50. The van der Waals surface area contributed by atoms with Crippen LogP contribution >= 0.6 is 0 Å². The molecule has 0 unspecified atom stereocenters. The van der Waals surface area contributed by atoms with E-state index in [4.69, 9.17) is 4.74 Å². The van der Waals surface area contributed by atoms with Gasteiger partial charge in [0.05, 0.1) is 6.61 Å². The summed E-state index contributed by atoms with van der Waals surface area (Å²) < 4.78 is 6.91. The topological polar surface area (TPSA) is 55.0 Å². The van der Waals surface area contributed by atoms with Crippen molar-refractivity contribution in [2.75, 3.05) is 6.61 Å². The van der Waals surface area contributed by atoms with Gasteiger partial charge in [0.25, 0.3) is 0 Å². The number of rotatable bonds is 5. The normalized spacial score (nSPS) is 11.3. The molecule has 0 saturated carbocycles. The van der Waals surface area contributed by atoms with Crippen LogP contribution < -0.4 is 0 Å². The Morgan fingerprint density at radius 1 is 1.16 bits per heavy atom. The van der Waals surface area contributed by atoms with Gasteiger partial charge in [-0.25, -0.2) is 4.79 Å². The molecule has 0 spiro atoms. The zero-order valence-electron chi connectivity index (χ0n) is 14.0. The molecule has 0 radical (unpaired) electrons. The first-order valence-electron chi connectivity index (χ1n) is 8.13. The van der Waals surface area contributed by atoms with Crippen LogP contribution in [0.1, 0.15) is 18.2 Å². The van der Waals surface area contributed by atoms with Crippen molar-refractivity contribution < 1.29 is 9.53 Å². The molecule has 1 aromatic heterocycles. The molecule has 0 bridgehead atoms. The molecule has 4 heteroatoms. The van der Waals surface area contributed by atoms with E-state index in [0.29, 0.717) is 6.54 Å². The highest BCUT2D eigenvalue weighted by Crippen LogP contribution is 2.18. The molecule has 1 heterocycles. The molecule has 0 amide bonds. The van der Waals surface area contributed by atoms with E-state index in [2.05, 4.69) is 30.3 Å². The number of carbonyl (C=O) groups excluding carboxylic acids is 1. The first-order chi connectivity index (χ1) is 12.2. The first kappa shape index (κ1) is 16.5. The largest absolute Gasteiger partial charge is 0.462 e. The summed E-state index contributed by atoms with van der Waals surface area (Å²) in [6.45, 7) is 2.62. The molecule has 25 heavy (non-hydrogen) atoms. The van der Waals surface area contributed by atoms with E-state index in [0.717, 1.165) is 11.3 Å². The summed E-state index contributed by atoms with van der Waals surface area (Å²) in [6, 6.07) is 20.2. The summed E-state index contributed by atoms with van der Waals surface area (Å²) in [7, 11) is 0. The van der Waals surface area contributed by atoms with Gasteiger partial charge in [0.1, 0.15) is 11.6 Å². The van der Waals surface area contributed by atoms with E-state index in [-0.39, 0.29) is 12.2 Å². The molecule has 0 N–H and O–H groups in total. The lowest BCUT2D eigenvalue weighted by Crippen LogP contribution is -2.07. The van der Waals surface area contributed by atoms with Crippen LogP contribution in [0.2, 0.25) is 0 Å². The van der Waals surface area contributed by atoms with Gasteiger partial charge >= 0.3 is 5.97 Å². The van der Waals surface area contributed by atoms with Crippen molar-refractivity contribution in [1.29, 1.82) is 5.26 Å². The fourth-order valence-electron chi connectivity index (χ4n) is 2.73. The number of hydrogen-bond donors (Lipinski definition) is 0. The van der Waals surface area contributed by atoms with Crippen molar-refractivity contribution in [2.24, 2.45) is 0 Å². The van der Waals surface area contributed by atoms with Crippen molar-refractivity contribution in [3.8, 4) is 6.07 Å². The van der Waals surface area contributed by atoms with E-state index < -0.39 is 5.97 Å². The van der Waals surface area contributed by atoms with Crippen LogP contribution in [-0.2, 0) is 16.1 Å². The highest BCUT2D eigenvalue weighted by Gasteiger charge is 2.11. The summed E-state index contributed by atoms with van der Waals surface area (Å²) in [5.41, 5.74) is 1.94. The summed E-state index contributed by atoms with van der Waals surface area (Å²) in [4.78, 5) is 11.8. The average molecular weight is 330 g/mol. The van der Waals surface area contributed by atoms with Crippen LogP contribution in [0.15, 0.2) is 66.4 Å². The molecule has 0 aliphatic carbocycles. The molecular formula is C21H18N2O2. The lowest BCUT2D eigenvalue weighted by atomic mass is 10.1. The lowest BCUT2D eigenvalue weighted by Gasteiger charge is -2.08. The molecule has 3 rings (SSSR count). The maximum atomic E-state index is 11.8. The van der Waals surface area contributed by atoms with Crippen LogP contribution in [0.5, 0.6) is 0 Å². The monoisotopic (exact) mass is 330 g/mol. The summed E-state index contributed by atoms with van der Waals surface area (Å²) >= 11 is 0. The maximum Gasteiger partial charge on any atom is 0.348 e. The van der Waals surface area contributed by atoms with Crippen molar-refractivity contribution in [3.63, 3.8) is 0 Å². The number of ether oxygens (including phenoxy) is 1. The van der Waals surface area contributed by atoms with Gasteiger partial charge in [-0.2, -0.15) is 5.26 Å². The first-order valence-corrected chi connectivity index (χ1v) is 8.13. The standard InChI is InChI=1S/C21H18N2O2/c1-2-25-21(24)19(14-22)13-20-8-5-11-23(20)15-16-9-10-17-6-3-4-7-18(17)12-16/h3-13H,2,15H2,1H3. The molecule has 124 valence electrons. The minimum atomic E-state index is -0.594. The fourth-order valence-corrected chi connectivity index (χ4v) is 2.73. The van der Waals surface area contributed by atoms with Gasteiger partial charge in [0.2, 0.25) is 0 Å². The van der Waals surface area contributed by atoms with E-state index in [1.165, 1.54) is 10.8 Å².